The molecule has 0 aromatic rings. The first kappa shape index (κ1) is 26.0. The Morgan fingerprint density at radius 3 is 1.85 bits per heavy atom. The van der Waals surface area contributed by atoms with Crippen LogP contribution >= 0.6 is 12.2 Å². The number of ether oxygens (including phenoxy) is 1. The summed E-state index contributed by atoms with van der Waals surface area (Å²) in [5, 5.41) is 0.744. The topological polar surface area (TPSA) is 36.9 Å². The van der Waals surface area contributed by atoms with Crippen molar-refractivity contribution in [2.24, 2.45) is 0 Å². The molecule has 0 bridgehead atoms. The highest BCUT2D eigenvalue weighted by molar-refractivity contribution is 7.80. The standard InChI is InChI=1S/C20H42O4SSi/c1-6-11-12-13-14-16-20(25)21-18-17-19(15-7-2)26(22-8-3,23-9-4)24-10-5/h19H,6-18H2,1-5H3/t19-/m0/s1. The van der Waals surface area contributed by atoms with E-state index in [4.69, 9.17) is 30.2 Å². The van der Waals surface area contributed by atoms with E-state index in [1.54, 1.807) is 0 Å². The molecule has 0 N–H and O–H groups in total. The molecule has 4 nitrogen and oxygen atoms in total. The van der Waals surface area contributed by atoms with Gasteiger partial charge in [-0.2, -0.15) is 0 Å². The zero-order valence-electron chi connectivity index (χ0n) is 17.8. The molecule has 0 aromatic heterocycles. The van der Waals surface area contributed by atoms with Crippen LogP contribution in [0, 0.1) is 0 Å². The van der Waals surface area contributed by atoms with Crippen molar-refractivity contribution in [2.45, 2.75) is 97.9 Å². The van der Waals surface area contributed by atoms with Crippen LogP contribution < -0.4 is 0 Å². The normalized spacial score (nSPS) is 13.0. The minimum atomic E-state index is -2.68. The van der Waals surface area contributed by atoms with Crippen molar-refractivity contribution in [3.05, 3.63) is 0 Å². The monoisotopic (exact) mass is 406 g/mol. The van der Waals surface area contributed by atoms with Crippen LogP contribution in [-0.2, 0) is 18.0 Å². The lowest BCUT2D eigenvalue weighted by Gasteiger charge is -2.35. The molecular weight excluding hydrogens is 364 g/mol. The van der Waals surface area contributed by atoms with Crippen LogP contribution in [0.3, 0.4) is 0 Å². The van der Waals surface area contributed by atoms with Crippen LogP contribution in [0.1, 0.15) is 92.4 Å². The predicted molar refractivity (Wildman–Crippen MR) is 116 cm³/mol. The number of unbranched alkanes of at least 4 members (excludes halogenated alkanes) is 4. The van der Waals surface area contributed by atoms with Crippen LogP contribution in [-0.4, -0.2) is 40.3 Å². The van der Waals surface area contributed by atoms with E-state index < -0.39 is 8.80 Å². The molecule has 0 heterocycles. The summed E-state index contributed by atoms with van der Waals surface area (Å²) < 4.78 is 24.1. The number of rotatable bonds is 18. The maximum Gasteiger partial charge on any atom is 0.504 e. The minimum Gasteiger partial charge on any atom is -0.487 e. The van der Waals surface area contributed by atoms with Crippen molar-refractivity contribution in [3.63, 3.8) is 0 Å². The molecule has 0 spiro atoms. The maximum absolute atomic E-state index is 6.09. The first-order chi connectivity index (χ1) is 12.6. The molecule has 0 aliphatic rings. The molecule has 1 atom stereocenters. The Kier molecular flexibility index (Phi) is 17.1. The molecule has 6 heteroatoms. The molecule has 0 aromatic carbocycles. The highest BCUT2D eigenvalue weighted by Crippen LogP contribution is 2.33. The average molecular weight is 407 g/mol. The zero-order chi connectivity index (χ0) is 19.7. The van der Waals surface area contributed by atoms with Gasteiger partial charge in [0.25, 0.3) is 0 Å². The van der Waals surface area contributed by atoms with Crippen LogP contribution in [0.4, 0.5) is 0 Å². The molecule has 26 heavy (non-hydrogen) atoms. The van der Waals surface area contributed by atoms with Gasteiger partial charge in [0.1, 0.15) is 0 Å². The Labute approximate surface area is 168 Å². The number of hydrogen-bond donors (Lipinski definition) is 0. The first-order valence-corrected chi connectivity index (χ1v) is 12.9. The molecule has 0 fully saturated rings. The summed E-state index contributed by atoms with van der Waals surface area (Å²) in [5.41, 5.74) is 0.264. The zero-order valence-corrected chi connectivity index (χ0v) is 19.6. The highest BCUT2D eigenvalue weighted by atomic mass is 32.1. The second-order valence-corrected chi connectivity index (χ2v) is 9.91. The summed E-state index contributed by atoms with van der Waals surface area (Å²) >= 11 is 5.39. The third kappa shape index (κ3) is 11.0. The predicted octanol–water partition coefficient (Wildman–Crippen LogP) is 6.30. The second kappa shape index (κ2) is 17.1. The Balaban J connectivity index is 4.51. The van der Waals surface area contributed by atoms with E-state index in [0.717, 1.165) is 37.2 Å². The second-order valence-electron chi connectivity index (χ2n) is 6.56. The summed E-state index contributed by atoms with van der Waals surface area (Å²) in [5.74, 6) is 0. The van der Waals surface area contributed by atoms with Gasteiger partial charge in [0.15, 0.2) is 5.05 Å². The SMILES string of the molecule is CCCCCCCC(=S)OCC[C@H](CCC)[Si](OCC)(OCC)OCC. The summed E-state index contributed by atoms with van der Waals surface area (Å²) in [7, 11) is -2.68. The van der Waals surface area contributed by atoms with E-state index in [1.807, 2.05) is 20.8 Å². The molecule has 0 saturated carbocycles. The molecule has 0 aliphatic carbocycles. The van der Waals surface area contributed by atoms with Gasteiger partial charge in [0.05, 0.1) is 6.61 Å². The smallest absolute Gasteiger partial charge is 0.487 e. The highest BCUT2D eigenvalue weighted by Gasteiger charge is 2.48. The van der Waals surface area contributed by atoms with Crippen molar-refractivity contribution >= 4 is 26.1 Å². The van der Waals surface area contributed by atoms with Crippen molar-refractivity contribution in [2.75, 3.05) is 26.4 Å². The fourth-order valence-corrected chi connectivity index (χ4v) is 6.69. The van der Waals surface area contributed by atoms with Gasteiger partial charge in [0, 0.05) is 31.8 Å². The van der Waals surface area contributed by atoms with E-state index in [9.17, 15) is 0 Å². The molecular formula is C20H42O4SSi. The van der Waals surface area contributed by atoms with E-state index in [0.29, 0.717) is 26.4 Å². The number of thiocarbonyl (C=S) groups is 1. The molecule has 0 amide bonds. The minimum absolute atomic E-state index is 0.264. The molecule has 0 unspecified atom stereocenters. The largest absolute Gasteiger partial charge is 0.504 e. The van der Waals surface area contributed by atoms with E-state index >= 15 is 0 Å². The van der Waals surface area contributed by atoms with Gasteiger partial charge >= 0.3 is 8.80 Å². The van der Waals surface area contributed by atoms with Gasteiger partial charge in [0.2, 0.25) is 0 Å². The van der Waals surface area contributed by atoms with Crippen LogP contribution in [0.15, 0.2) is 0 Å². The summed E-state index contributed by atoms with van der Waals surface area (Å²) in [6, 6.07) is 0. The Bertz CT molecular complexity index is 325. The first-order valence-electron chi connectivity index (χ1n) is 10.7. The maximum atomic E-state index is 6.09. The molecule has 0 saturated heterocycles. The fourth-order valence-electron chi connectivity index (χ4n) is 3.19. The Morgan fingerprint density at radius 2 is 1.35 bits per heavy atom. The Hall–Kier alpha value is -0.0131. The lowest BCUT2D eigenvalue weighted by Crippen LogP contribution is -2.50. The van der Waals surface area contributed by atoms with Crippen LogP contribution in [0.5, 0.6) is 0 Å². The van der Waals surface area contributed by atoms with Gasteiger partial charge in [-0.3, -0.25) is 0 Å². The van der Waals surface area contributed by atoms with E-state index in [2.05, 4.69) is 13.8 Å². The summed E-state index contributed by atoms with van der Waals surface area (Å²) in [4.78, 5) is 0. The van der Waals surface area contributed by atoms with Gasteiger partial charge in [-0.25, -0.2) is 0 Å². The van der Waals surface area contributed by atoms with Gasteiger partial charge in [-0.1, -0.05) is 46.0 Å². The van der Waals surface area contributed by atoms with E-state index in [-0.39, 0.29) is 5.54 Å². The van der Waals surface area contributed by atoms with Crippen LogP contribution in [0.2, 0.25) is 5.54 Å². The lowest BCUT2D eigenvalue weighted by atomic mass is 10.1. The van der Waals surface area contributed by atoms with Crippen molar-refractivity contribution in [1.82, 2.24) is 0 Å². The van der Waals surface area contributed by atoms with Crippen molar-refractivity contribution < 1.29 is 18.0 Å². The van der Waals surface area contributed by atoms with E-state index in [1.165, 1.54) is 25.7 Å². The van der Waals surface area contributed by atoms with Gasteiger partial charge < -0.3 is 18.0 Å². The number of hydrogen-bond acceptors (Lipinski definition) is 5. The third-order valence-electron chi connectivity index (χ3n) is 4.39. The van der Waals surface area contributed by atoms with Crippen molar-refractivity contribution in [3.8, 4) is 0 Å². The Morgan fingerprint density at radius 1 is 0.769 bits per heavy atom. The molecule has 0 aliphatic heterocycles. The summed E-state index contributed by atoms with van der Waals surface area (Å²) in [6.07, 6.45) is 10.1. The quantitative estimate of drug-likeness (QED) is 0.152. The van der Waals surface area contributed by atoms with Gasteiger partial charge in [-0.15, -0.1) is 0 Å². The van der Waals surface area contributed by atoms with Gasteiger partial charge in [-0.05, 0) is 52.3 Å². The molecule has 0 radical (unpaired) electrons. The summed E-state index contributed by atoms with van der Waals surface area (Å²) in [6.45, 7) is 12.9. The van der Waals surface area contributed by atoms with Crippen molar-refractivity contribution in [1.29, 1.82) is 0 Å². The average Bonchev–Trinajstić information content (AvgIpc) is 2.61. The lowest BCUT2D eigenvalue weighted by molar-refractivity contribution is 0.0564. The molecule has 156 valence electrons. The molecule has 0 rings (SSSR count). The fraction of sp³-hybridized carbons (Fsp3) is 0.950. The third-order valence-corrected chi connectivity index (χ3v) is 8.36. The van der Waals surface area contributed by atoms with Crippen LogP contribution in [0.25, 0.3) is 0 Å².